The minimum Gasteiger partial charge on any atom is -0.463 e. The second-order valence-electron chi connectivity index (χ2n) is 7.96. The van der Waals surface area contributed by atoms with Gasteiger partial charge in [-0.2, -0.15) is 0 Å². The van der Waals surface area contributed by atoms with E-state index in [2.05, 4.69) is 15.2 Å². The van der Waals surface area contributed by atoms with E-state index in [-0.39, 0.29) is 17.7 Å². The molecular weight excluding hydrogens is 430 g/mol. The van der Waals surface area contributed by atoms with Crippen LogP contribution in [-0.2, 0) is 19.8 Å². The van der Waals surface area contributed by atoms with E-state index in [0.717, 1.165) is 12.1 Å². The number of hydrogen-bond acceptors (Lipinski definition) is 7. The van der Waals surface area contributed by atoms with Crippen molar-refractivity contribution in [2.24, 2.45) is 4.99 Å². The number of carbonyl (C=O) groups excluding carboxylic acids is 1. The molecule has 4 rings (SSSR count). The van der Waals surface area contributed by atoms with Crippen molar-refractivity contribution in [3.8, 4) is 0 Å². The molecule has 1 saturated heterocycles. The summed E-state index contributed by atoms with van der Waals surface area (Å²) >= 11 is 0. The maximum Gasteiger partial charge on any atom is 0.338 e. The Balaban J connectivity index is 1.89. The van der Waals surface area contributed by atoms with E-state index in [1.54, 1.807) is 32.2 Å². The first kappa shape index (κ1) is 23.0. The van der Waals surface area contributed by atoms with Crippen molar-refractivity contribution in [2.75, 3.05) is 39.5 Å². The molecule has 174 valence electrons. The Bertz CT molecular complexity index is 1080. The molecule has 2 aliphatic heterocycles. The molecule has 1 aromatic heterocycles. The van der Waals surface area contributed by atoms with Crippen molar-refractivity contribution in [2.45, 2.75) is 19.4 Å². The third-order valence-electron chi connectivity index (χ3n) is 5.72. The van der Waals surface area contributed by atoms with E-state index in [1.807, 2.05) is 6.07 Å². The largest absolute Gasteiger partial charge is 0.463 e. The molecule has 0 saturated carbocycles. The number of halogens is 2. The van der Waals surface area contributed by atoms with Crippen molar-refractivity contribution in [3.63, 3.8) is 0 Å². The van der Waals surface area contributed by atoms with Crippen LogP contribution in [0.25, 0.3) is 0 Å². The molecule has 1 fully saturated rings. The molecule has 2 aliphatic rings. The summed E-state index contributed by atoms with van der Waals surface area (Å²) in [6.45, 7) is 6.37. The Hall–Kier alpha value is -3.17. The fourth-order valence-corrected chi connectivity index (χ4v) is 4.14. The summed E-state index contributed by atoms with van der Waals surface area (Å²) in [5, 5.41) is 3.25. The molecule has 2 aromatic rings. The van der Waals surface area contributed by atoms with Crippen LogP contribution < -0.4 is 5.32 Å². The number of hydrogen-bond donors (Lipinski definition) is 1. The smallest absolute Gasteiger partial charge is 0.338 e. The Morgan fingerprint density at radius 2 is 2.03 bits per heavy atom. The molecule has 0 bridgehead atoms. The van der Waals surface area contributed by atoms with Crippen LogP contribution in [0.3, 0.4) is 0 Å². The average molecular weight is 456 g/mol. The van der Waals surface area contributed by atoms with Crippen LogP contribution in [-0.4, -0.2) is 61.1 Å². The summed E-state index contributed by atoms with van der Waals surface area (Å²) in [7, 11) is 0. The highest BCUT2D eigenvalue weighted by Gasteiger charge is 2.44. The van der Waals surface area contributed by atoms with E-state index in [1.165, 1.54) is 6.07 Å². The van der Waals surface area contributed by atoms with Gasteiger partial charge in [-0.1, -0.05) is 12.1 Å². The molecule has 33 heavy (non-hydrogen) atoms. The fourth-order valence-electron chi connectivity index (χ4n) is 4.14. The standard InChI is InChI=1S/C24H26F2N4O3/c1-3-33-23(31)21-20(15-30-10-12-32-13-11-30)28-22(19-6-4-5-9-27-19)29-24(21,2)17-8-7-16(25)14-18(17)26/h4-9,14H,3,10-13,15H2,1-2H3,(H,28,29). The molecule has 1 aromatic carbocycles. The van der Waals surface area contributed by atoms with Gasteiger partial charge in [-0.15, -0.1) is 0 Å². The van der Waals surface area contributed by atoms with Gasteiger partial charge in [0.2, 0.25) is 0 Å². The third-order valence-corrected chi connectivity index (χ3v) is 5.72. The van der Waals surface area contributed by atoms with Crippen molar-refractivity contribution in [1.82, 2.24) is 15.2 Å². The third kappa shape index (κ3) is 4.79. The van der Waals surface area contributed by atoms with E-state index in [4.69, 9.17) is 14.5 Å². The lowest BCUT2D eigenvalue weighted by molar-refractivity contribution is -0.139. The number of rotatable bonds is 6. The lowest BCUT2D eigenvalue weighted by atomic mass is 9.81. The maximum atomic E-state index is 15.1. The highest BCUT2D eigenvalue weighted by Crippen LogP contribution is 2.40. The van der Waals surface area contributed by atoms with Gasteiger partial charge < -0.3 is 14.8 Å². The zero-order chi connectivity index (χ0) is 23.4. The number of nitrogens with zero attached hydrogens (tertiary/aromatic N) is 3. The number of ether oxygens (including phenoxy) is 2. The van der Waals surface area contributed by atoms with Gasteiger partial charge in [-0.05, 0) is 32.0 Å². The molecule has 0 radical (unpaired) electrons. The zero-order valence-corrected chi connectivity index (χ0v) is 18.6. The zero-order valence-electron chi connectivity index (χ0n) is 18.6. The molecule has 1 unspecified atom stereocenters. The van der Waals surface area contributed by atoms with E-state index in [9.17, 15) is 9.18 Å². The SMILES string of the molecule is CCOC(=O)C1=C(CN2CCOCC2)NC(c2ccccn2)=NC1(C)c1ccc(F)cc1F. The molecule has 3 heterocycles. The summed E-state index contributed by atoms with van der Waals surface area (Å²) < 4.78 is 39.6. The number of benzene rings is 1. The molecule has 7 nitrogen and oxygen atoms in total. The lowest BCUT2D eigenvalue weighted by Gasteiger charge is -2.37. The molecule has 1 atom stereocenters. The molecule has 0 amide bonds. The predicted molar refractivity (Wildman–Crippen MR) is 119 cm³/mol. The van der Waals surface area contributed by atoms with E-state index >= 15 is 4.39 Å². The van der Waals surface area contributed by atoms with Crippen LogP contribution >= 0.6 is 0 Å². The Morgan fingerprint density at radius 3 is 2.70 bits per heavy atom. The number of esters is 1. The molecule has 0 spiro atoms. The molecule has 9 heteroatoms. The Morgan fingerprint density at radius 1 is 1.24 bits per heavy atom. The maximum absolute atomic E-state index is 15.1. The highest BCUT2D eigenvalue weighted by atomic mass is 19.1. The lowest BCUT2D eigenvalue weighted by Crippen LogP contribution is -2.47. The van der Waals surface area contributed by atoms with Crippen molar-refractivity contribution in [1.29, 1.82) is 0 Å². The van der Waals surface area contributed by atoms with Crippen LogP contribution in [0.15, 0.2) is 58.9 Å². The van der Waals surface area contributed by atoms with Crippen LogP contribution in [0.1, 0.15) is 25.1 Å². The highest BCUT2D eigenvalue weighted by molar-refractivity contribution is 6.03. The Kier molecular flexibility index (Phi) is 6.80. The van der Waals surface area contributed by atoms with Gasteiger partial charge in [-0.3, -0.25) is 9.88 Å². The number of aliphatic imine (C=N–C) groups is 1. The van der Waals surface area contributed by atoms with Gasteiger partial charge in [0.05, 0.1) is 25.4 Å². The Labute approximate surface area is 191 Å². The fraction of sp³-hybridized carbons (Fsp3) is 0.375. The van der Waals surface area contributed by atoms with Crippen LogP contribution in [0.4, 0.5) is 8.78 Å². The van der Waals surface area contributed by atoms with Gasteiger partial charge in [0.15, 0.2) is 5.84 Å². The summed E-state index contributed by atoms with van der Waals surface area (Å²) in [6, 6.07) is 8.64. The van der Waals surface area contributed by atoms with Crippen LogP contribution in [0.5, 0.6) is 0 Å². The summed E-state index contributed by atoms with van der Waals surface area (Å²) in [4.78, 5) is 24.5. The van der Waals surface area contributed by atoms with E-state index in [0.29, 0.717) is 50.1 Å². The first-order chi connectivity index (χ1) is 15.9. The number of pyridine rings is 1. The van der Waals surface area contributed by atoms with E-state index < -0.39 is 23.1 Å². The van der Waals surface area contributed by atoms with Gasteiger partial charge >= 0.3 is 5.97 Å². The first-order valence-corrected chi connectivity index (χ1v) is 10.9. The quantitative estimate of drug-likeness (QED) is 0.674. The number of amidine groups is 1. The monoisotopic (exact) mass is 456 g/mol. The first-order valence-electron chi connectivity index (χ1n) is 10.9. The minimum atomic E-state index is -1.47. The summed E-state index contributed by atoms with van der Waals surface area (Å²) in [6.07, 6.45) is 1.63. The van der Waals surface area contributed by atoms with Gasteiger partial charge in [0.1, 0.15) is 22.9 Å². The number of carbonyl (C=O) groups is 1. The second kappa shape index (κ2) is 9.76. The van der Waals surface area contributed by atoms with Gasteiger partial charge in [-0.25, -0.2) is 18.6 Å². The predicted octanol–water partition coefficient (Wildman–Crippen LogP) is 2.77. The van der Waals surface area contributed by atoms with Gasteiger partial charge in [0.25, 0.3) is 0 Å². The average Bonchev–Trinajstić information content (AvgIpc) is 2.80. The van der Waals surface area contributed by atoms with Gasteiger partial charge in [0, 0.05) is 43.2 Å². The molecule has 1 N–H and O–H groups in total. The normalized spacial score (nSPS) is 21.4. The summed E-state index contributed by atoms with van der Waals surface area (Å²) in [5.74, 6) is -1.73. The van der Waals surface area contributed by atoms with Crippen molar-refractivity contribution < 1.29 is 23.0 Å². The van der Waals surface area contributed by atoms with Crippen molar-refractivity contribution >= 4 is 11.8 Å². The number of morpholine rings is 1. The summed E-state index contributed by atoms with van der Waals surface area (Å²) in [5.41, 5.74) is -0.141. The molecular formula is C24H26F2N4O3. The van der Waals surface area contributed by atoms with Crippen molar-refractivity contribution in [3.05, 3.63) is 76.8 Å². The number of aromatic nitrogens is 1. The molecule has 0 aliphatic carbocycles. The second-order valence-corrected chi connectivity index (χ2v) is 7.96. The van der Waals surface area contributed by atoms with Crippen LogP contribution in [0.2, 0.25) is 0 Å². The van der Waals surface area contributed by atoms with Crippen LogP contribution in [0, 0.1) is 11.6 Å². The topological polar surface area (TPSA) is 76.0 Å². The number of nitrogens with one attached hydrogen (secondary N) is 1. The minimum absolute atomic E-state index is 0.0707.